The van der Waals surface area contributed by atoms with Gasteiger partial charge in [-0.15, -0.1) is 0 Å². The van der Waals surface area contributed by atoms with Crippen LogP contribution >= 0.6 is 0 Å². The number of benzene rings is 1. The van der Waals surface area contributed by atoms with Crippen molar-refractivity contribution in [1.29, 1.82) is 0 Å². The van der Waals surface area contributed by atoms with Crippen LogP contribution in [0.1, 0.15) is 39.7 Å². The summed E-state index contributed by atoms with van der Waals surface area (Å²) in [6.07, 6.45) is -0.750. The second-order valence-corrected chi connectivity index (χ2v) is 12.6. The van der Waals surface area contributed by atoms with Crippen molar-refractivity contribution in [2.45, 2.75) is 65.0 Å². The van der Waals surface area contributed by atoms with E-state index >= 15 is 0 Å². The number of ether oxygens (including phenoxy) is 1. The average Bonchev–Trinajstić information content (AvgIpc) is 2.49. The third-order valence-electron chi connectivity index (χ3n) is 4.80. The predicted octanol–water partition coefficient (Wildman–Crippen LogP) is 4.23. The molecule has 0 aliphatic heterocycles. The Kier molecular flexibility index (Phi) is 7.38. The molecule has 25 heavy (non-hydrogen) atoms. The first kappa shape index (κ1) is 21.4. The van der Waals surface area contributed by atoms with E-state index in [2.05, 4.69) is 33.9 Å². The monoisotopic (exact) mass is 366 g/mol. The van der Waals surface area contributed by atoms with Crippen LogP contribution in [0.15, 0.2) is 30.3 Å². The molecule has 0 amide bonds. The van der Waals surface area contributed by atoms with Gasteiger partial charge in [0, 0.05) is 0 Å². The van der Waals surface area contributed by atoms with Gasteiger partial charge in [-0.3, -0.25) is 9.59 Å². The van der Waals surface area contributed by atoms with E-state index in [0.29, 0.717) is 0 Å². The number of esters is 1. The molecule has 0 spiro atoms. The smallest absolute Gasteiger partial charge is 0.309 e. The summed E-state index contributed by atoms with van der Waals surface area (Å²) in [5.41, 5.74) is 0.869. The average molecular weight is 367 g/mol. The lowest BCUT2D eigenvalue weighted by atomic mass is 10.0. The summed E-state index contributed by atoms with van der Waals surface area (Å²) in [7, 11) is -2.11. The van der Waals surface area contributed by atoms with E-state index in [1.165, 1.54) is 0 Å². The maximum absolute atomic E-state index is 12.1. The van der Waals surface area contributed by atoms with Crippen LogP contribution < -0.4 is 0 Å². The second-order valence-electron chi connectivity index (χ2n) is 7.88. The van der Waals surface area contributed by atoms with Crippen molar-refractivity contribution in [3.63, 3.8) is 0 Å². The number of hydrogen-bond acceptors (Lipinski definition) is 4. The van der Waals surface area contributed by atoms with Crippen LogP contribution in [-0.2, 0) is 25.4 Å². The van der Waals surface area contributed by atoms with Gasteiger partial charge >= 0.3 is 11.9 Å². The summed E-state index contributed by atoms with van der Waals surface area (Å²) in [5.74, 6) is -2.48. The summed E-state index contributed by atoms with van der Waals surface area (Å²) in [4.78, 5) is 23.7. The zero-order valence-electron chi connectivity index (χ0n) is 16.0. The standard InChI is InChI=1S/C19H30O5Si/c1-14(24-25(5,6)19(2,3)4)16(18(21)22)12-17(20)23-13-15-10-8-7-9-11-15/h7-11,14,16H,12-13H2,1-6H3,(H,21,22)/t14-,16+/m0/s1. The molecule has 0 aromatic heterocycles. The molecular weight excluding hydrogens is 336 g/mol. The zero-order valence-corrected chi connectivity index (χ0v) is 17.0. The molecule has 0 saturated carbocycles. The molecule has 0 fully saturated rings. The second kappa shape index (κ2) is 8.63. The summed E-state index contributed by atoms with van der Waals surface area (Å²) in [6, 6.07) is 9.30. The highest BCUT2D eigenvalue weighted by atomic mass is 28.4. The van der Waals surface area contributed by atoms with Gasteiger partial charge < -0.3 is 14.3 Å². The molecule has 2 atom stereocenters. The minimum Gasteiger partial charge on any atom is -0.481 e. The normalized spacial score (nSPS) is 14.6. The van der Waals surface area contributed by atoms with Crippen molar-refractivity contribution < 1.29 is 23.9 Å². The first-order chi connectivity index (χ1) is 11.4. The summed E-state index contributed by atoms with van der Waals surface area (Å²) in [6.45, 7) is 12.3. The van der Waals surface area contributed by atoms with Crippen molar-refractivity contribution >= 4 is 20.3 Å². The van der Waals surface area contributed by atoms with E-state index in [0.717, 1.165) is 5.56 Å². The van der Waals surface area contributed by atoms with Crippen LogP contribution in [0.4, 0.5) is 0 Å². The molecule has 1 N–H and O–H groups in total. The van der Waals surface area contributed by atoms with Gasteiger partial charge in [0.2, 0.25) is 0 Å². The van der Waals surface area contributed by atoms with Crippen molar-refractivity contribution in [3.05, 3.63) is 35.9 Å². The fourth-order valence-electron chi connectivity index (χ4n) is 2.15. The first-order valence-corrected chi connectivity index (χ1v) is 11.4. The molecule has 0 heterocycles. The molecule has 0 unspecified atom stereocenters. The minimum absolute atomic E-state index is 0.0296. The predicted molar refractivity (Wildman–Crippen MR) is 99.7 cm³/mol. The fourth-order valence-corrected chi connectivity index (χ4v) is 3.60. The van der Waals surface area contributed by atoms with Gasteiger partial charge in [0.15, 0.2) is 8.32 Å². The van der Waals surface area contributed by atoms with E-state index in [9.17, 15) is 14.7 Å². The molecule has 0 aliphatic carbocycles. The number of hydrogen-bond donors (Lipinski definition) is 1. The fraction of sp³-hybridized carbons (Fsp3) is 0.579. The van der Waals surface area contributed by atoms with Gasteiger partial charge in [0.05, 0.1) is 18.4 Å². The molecule has 0 saturated heterocycles. The lowest BCUT2D eigenvalue weighted by molar-refractivity contribution is -0.155. The minimum atomic E-state index is -2.11. The Morgan fingerprint density at radius 3 is 2.20 bits per heavy atom. The third kappa shape index (κ3) is 6.63. The Morgan fingerprint density at radius 1 is 1.16 bits per heavy atom. The number of carboxylic acid groups (broad SMARTS) is 1. The Balaban J connectivity index is 2.67. The van der Waals surface area contributed by atoms with E-state index < -0.39 is 32.3 Å². The lowest BCUT2D eigenvalue weighted by Crippen LogP contribution is -2.46. The van der Waals surface area contributed by atoms with Crippen LogP contribution in [0.5, 0.6) is 0 Å². The van der Waals surface area contributed by atoms with Crippen LogP contribution in [0.3, 0.4) is 0 Å². The number of carboxylic acids is 1. The van der Waals surface area contributed by atoms with Crippen molar-refractivity contribution in [1.82, 2.24) is 0 Å². The number of rotatable bonds is 8. The first-order valence-electron chi connectivity index (χ1n) is 8.54. The van der Waals surface area contributed by atoms with Gasteiger partial charge in [-0.25, -0.2) is 0 Å². The molecule has 5 nitrogen and oxygen atoms in total. The Bertz CT molecular complexity index is 577. The maximum atomic E-state index is 12.1. The number of carbonyl (C=O) groups is 2. The van der Waals surface area contributed by atoms with Gasteiger partial charge in [0.1, 0.15) is 6.61 Å². The topological polar surface area (TPSA) is 72.8 Å². The van der Waals surface area contributed by atoms with Crippen LogP contribution in [0, 0.1) is 5.92 Å². The highest BCUT2D eigenvalue weighted by Crippen LogP contribution is 2.38. The van der Waals surface area contributed by atoms with Gasteiger partial charge in [-0.2, -0.15) is 0 Å². The summed E-state index contributed by atoms with van der Waals surface area (Å²) >= 11 is 0. The third-order valence-corrected chi connectivity index (χ3v) is 9.37. The molecule has 6 heteroatoms. The van der Waals surface area contributed by atoms with Crippen molar-refractivity contribution in [2.24, 2.45) is 5.92 Å². The number of carbonyl (C=O) groups excluding carboxylic acids is 1. The molecule has 0 radical (unpaired) electrons. The Labute approximate surface area is 151 Å². The van der Waals surface area contributed by atoms with E-state index in [-0.39, 0.29) is 18.1 Å². The Hall–Kier alpha value is -1.66. The van der Waals surface area contributed by atoms with Gasteiger partial charge in [-0.1, -0.05) is 51.1 Å². The SMILES string of the molecule is C[C@H](O[Si](C)(C)C(C)(C)C)[C@@H](CC(=O)OCc1ccccc1)C(=O)O. The van der Waals surface area contributed by atoms with Gasteiger partial charge in [0.25, 0.3) is 0 Å². The zero-order chi connectivity index (χ0) is 19.3. The summed E-state index contributed by atoms with van der Waals surface area (Å²) in [5, 5.41) is 9.48. The molecule has 1 aromatic carbocycles. The molecule has 0 bridgehead atoms. The molecule has 140 valence electrons. The molecule has 1 rings (SSSR count). The van der Waals surface area contributed by atoms with E-state index in [4.69, 9.17) is 9.16 Å². The van der Waals surface area contributed by atoms with Crippen LogP contribution in [-0.4, -0.2) is 31.5 Å². The Morgan fingerprint density at radius 2 is 1.72 bits per heavy atom. The largest absolute Gasteiger partial charge is 0.481 e. The van der Waals surface area contributed by atoms with Gasteiger partial charge in [-0.05, 0) is 30.6 Å². The highest BCUT2D eigenvalue weighted by molar-refractivity contribution is 6.74. The van der Waals surface area contributed by atoms with Crippen molar-refractivity contribution in [3.8, 4) is 0 Å². The highest BCUT2D eigenvalue weighted by Gasteiger charge is 2.41. The molecule has 0 aliphatic rings. The summed E-state index contributed by atoms with van der Waals surface area (Å²) < 4.78 is 11.3. The number of aliphatic carboxylic acids is 1. The van der Waals surface area contributed by atoms with Crippen LogP contribution in [0.2, 0.25) is 18.1 Å². The quantitative estimate of drug-likeness (QED) is 0.550. The van der Waals surface area contributed by atoms with E-state index in [1.54, 1.807) is 6.92 Å². The molecule has 1 aromatic rings. The lowest BCUT2D eigenvalue weighted by Gasteiger charge is -2.39. The van der Waals surface area contributed by atoms with E-state index in [1.807, 2.05) is 30.3 Å². The molecular formula is C19H30O5Si. The van der Waals surface area contributed by atoms with Crippen molar-refractivity contribution in [2.75, 3.05) is 0 Å². The maximum Gasteiger partial charge on any atom is 0.309 e. The van der Waals surface area contributed by atoms with Crippen LogP contribution in [0.25, 0.3) is 0 Å².